The Labute approximate surface area is 210 Å². The van der Waals surface area contributed by atoms with Crippen LogP contribution in [-0.4, -0.2) is 31.5 Å². The van der Waals surface area contributed by atoms with E-state index in [1.54, 1.807) is 12.1 Å². The van der Waals surface area contributed by atoms with E-state index in [0.717, 1.165) is 55.6 Å². The Balaban J connectivity index is 1.39. The van der Waals surface area contributed by atoms with Gasteiger partial charge in [-0.3, -0.25) is 14.3 Å². The van der Waals surface area contributed by atoms with Crippen LogP contribution in [0.4, 0.5) is 5.69 Å². The molecule has 4 rings (SSSR count). The Morgan fingerprint density at radius 2 is 1.91 bits per heavy atom. The molecular formula is C27H37N3O4S. The predicted octanol–water partition coefficient (Wildman–Crippen LogP) is 5.76. The molecule has 0 radical (unpaired) electrons. The Morgan fingerprint density at radius 3 is 2.54 bits per heavy atom. The number of non-ortho nitro benzene ring substituents is 1. The molecule has 2 atom stereocenters. The summed E-state index contributed by atoms with van der Waals surface area (Å²) in [5.74, 6) is 8.89. The van der Waals surface area contributed by atoms with Crippen molar-refractivity contribution in [2.45, 2.75) is 77.4 Å². The van der Waals surface area contributed by atoms with Crippen molar-refractivity contribution in [1.29, 1.82) is 0 Å². The minimum absolute atomic E-state index is 0.0718. The van der Waals surface area contributed by atoms with E-state index in [-0.39, 0.29) is 17.3 Å². The first-order valence-electron chi connectivity index (χ1n) is 12.6. The fourth-order valence-corrected chi connectivity index (χ4v) is 6.55. The van der Waals surface area contributed by atoms with Crippen molar-refractivity contribution in [2.75, 3.05) is 5.75 Å². The summed E-state index contributed by atoms with van der Waals surface area (Å²) < 4.78 is 18.2. The number of nitrogens with zero attached hydrogens (tertiary/aromatic N) is 2. The molecule has 2 unspecified atom stereocenters. The molecule has 1 saturated heterocycles. The standard InChI is InChI=1S/C27H37N3O4S/c1-27(2,3)29(28)25(14-4-19-5-15-26-21(18-19)16-17-35(26)33)20-6-10-23(11-7-20)34-24-12-8-22(9-13-24)30(31)32/h8-9,12-15,18-20,23H,4-7,10-11,16-17,28H2,1-3H3/b25-14-. The number of hydrogen-bond acceptors (Lipinski definition) is 6. The van der Waals surface area contributed by atoms with E-state index in [2.05, 4.69) is 39.0 Å². The summed E-state index contributed by atoms with van der Waals surface area (Å²) in [4.78, 5) is 11.5. The Bertz CT molecular complexity index is 1050. The number of ether oxygens (including phenoxy) is 1. The van der Waals surface area contributed by atoms with Crippen LogP contribution < -0.4 is 10.6 Å². The van der Waals surface area contributed by atoms with Crippen LogP contribution in [-0.2, 0) is 10.8 Å². The van der Waals surface area contributed by atoms with Crippen LogP contribution in [0, 0.1) is 22.0 Å². The minimum Gasteiger partial charge on any atom is -0.490 e. The number of nitrogens with two attached hydrogens (primary N) is 1. The monoisotopic (exact) mass is 499 g/mol. The van der Waals surface area contributed by atoms with Gasteiger partial charge in [0.05, 0.1) is 21.8 Å². The minimum atomic E-state index is -0.804. The Hall–Kier alpha value is -2.45. The van der Waals surface area contributed by atoms with E-state index >= 15 is 0 Å². The van der Waals surface area contributed by atoms with Crippen molar-refractivity contribution in [3.63, 3.8) is 0 Å². The smallest absolute Gasteiger partial charge is 0.269 e. The Morgan fingerprint density at radius 1 is 1.23 bits per heavy atom. The van der Waals surface area contributed by atoms with Gasteiger partial charge in [-0.25, -0.2) is 5.84 Å². The van der Waals surface area contributed by atoms with E-state index in [9.17, 15) is 14.3 Å². The number of rotatable bonds is 7. The molecule has 2 aliphatic carbocycles. The molecule has 2 N–H and O–H groups in total. The van der Waals surface area contributed by atoms with Crippen LogP contribution in [0.2, 0.25) is 0 Å². The average Bonchev–Trinajstić information content (AvgIpc) is 3.20. The SMILES string of the molecule is CC(C)(C)N(N)/C(=C\CC1C=C2CCS(=O)C2=CC1)C1CCC(Oc2ccc([N+](=O)[O-])cc2)CC1. The molecular weight excluding hydrogens is 462 g/mol. The molecule has 35 heavy (non-hydrogen) atoms. The third-order valence-corrected chi connectivity index (χ3v) is 8.73. The summed E-state index contributed by atoms with van der Waals surface area (Å²) in [6.45, 7) is 6.40. The Kier molecular flexibility index (Phi) is 7.81. The van der Waals surface area contributed by atoms with Crippen LogP contribution in [0.25, 0.3) is 0 Å². The average molecular weight is 500 g/mol. The van der Waals surface area contributed by atoms with Crippen LogP contribution >= 0.6 is 0 Å². The van der Waals surface area contributed by atoms with Gasteiger partial charge in [0.25, 0.3) is 5.69 Å². The lowest BCUT2D eigenvalue weighted by Gasteiger charge is -2.40. The van der Waals surface area contributed by atoms with Crippen LogP contribution in [0.3, 0.4) is 0 Å². The second-order valence-electron chi connectivity index (χ2n) is 10.8. The molecule has 1 saturated carbocycles. The van der Waals surface area contributed by atoms with E-state index in [4.69, 9.17) is 10.6 Å². The molecule has 0 spiro atoms. The molecule has 1 heterocycles. The predicted molar refractivity (Wildman–Crippen MR) is 140 cm³/mol. The van der Waals surface area contributed by atoms with Crippen molar-refractivity contribution < 1.29 is 13.9 Å². The van der Waals surface area contributed by atoms with E-state index in [1.807, 2.05) is 5.01 Å². The van der Waals surface area contributed by atoms with Gasteiger partial charge < -0.3 is 9.75 Å². The largest absolute Gasteiger partial charge is 0.490 e. The lowest BCUT2D eigenvalue weighted by molar-refractivity contribution is -0.384. The third kappa shape index (κ3) is 6.22. The van der Waals surface area contributed by atoms with Gasteiger partial charge in [0, 0.05) is 39.9 Å². The molecule has 0 aromatic heterocycles. The molecule has 1 aliphatic heterocycles. The molecule has 1 aromatic carbocycles. The molecule has 2 fully saturated rings. The second-order valence-corrected chi connectivity index (χ2v) is 12.3. The van der Waals surface area contributed by atoms with Gasteiger partial charge in [-0.1, -0.05) is 18.2 Å². The van der Waals surface area contributed by atoms with Gasteiger partial charge in [-0.2, -0.15) is 0 Å². The van der Waals surface area contributed by atoms with E-state index in [0.29, 0.717) is 17.6 Å². The van der Waals surface area contributed by atoms with Gasteiger partial charge in [-0.05, 0) is 89.3 Å². The molecule has 8 heteroatoms. The number of nitro benzene ring substituents is 1. The molecule has 0 bridgehead atoms. The number of benzene rings is 1. The molecule has 190 valence electrons. The first-order chi connectivity index (χ1) is 16.6. The molecule has 0 amide bonds. The zero-order valence-electron chi connectivity index (χ0n) is 20.9. The highest BCUT2D eigenvalue weighted by Gasteiger charge is 2.31. The highest BCUT2D eigenvalue weighted by molar-refractivity contribution is 7.89. The normalized spacial score (nSPS) is 27.0. The zero-order chi connectivity index (χ0) is 25.2. The third-order valence-electron chi connectivity index (χ3n) is 7.23. The maximum atomic E-state index is 12.1. The maximum absolute atomic E-state index is 12.1. The van der Waals surface area contributed by atoms with Gasteiger partial charge in [0.1, 0.15) is 5.75 Å². The first kappa shape index (κ1) is 25.6. The number of hydrogen-bond donors (Lipinski definition) is 1. The second kappa shape index (κ2) is 10.7. The number of nitro groups is 1. The number of allylic oxidation sites excluding steroid dienone is 5. The zero-order valence-corrected chi connectivity index (χ0v) is 21.8. The fourth-order valence-electron chi connectivity index (χ4n) is 5.18. The summed E-state index contributed by atoms with van der Waals surface area (Å²) in [7, 11) is -0.804. The fraction of sp³-hybridized carbons (Fsp3) is 0.556. The van der Waals surface area contributed by atoms with Gasteiger partial charge in [0.2, 0.25) is 0 Å². The highest BCUT2D eigenvalue weighted by atomic mass is 32.2. The van der Waals surface area contributed by atoms with Crippen LogP contribution in [0.1, 0.15) is 65.7 Å². The number of hydrazine groups is 1. The summed E-state index contributed by atoms with van der Waals surface area (Å²) in [5, 5.41) is 12.8. The topological polar surface area (TPSA) is 98.7 Å². The van der Waals surface area contributed by atoms with Crippen molar-refractivity contribution in [1.82, 2.24) is 5.01 Å². The maximum Gasteiger partial charge on any atom is 0.269 e. The van der Waals surface area contributed by atoms with Crippen molar-refractivity contribution in [3.05, 3.63) is 68.8 Å². The lowest BCUT2D eigenvalue weighted by atomic mass is 9.83. The number of fused-ring (bicyclic) bond motifs is 1. The van der Waals surface area contributed by atoms with Gasteiger partial charge in [-0.15, -0.1) is 0 Å². The van der Waals surface area contributed by atoms with Gasteiger partial charge in [0.15, 0.2) is 0 Å². The quantitative estimate of drug-likeness (QED) is 0.291. The summed E-state index contributed by atoms with van der Waals surface area (Å²) >= 11 is 0. The first-order valence-corrected chi connectivity index (χ1v) is 13.9. The summed E-state index contributed by atoms with van der Waals surface area (Å²) in [6, 6.07) is 6.32. The van der Waals surface area contributed by atoms with E-state index < -0.39 is 15.7 Å². The van der Waals surface area contributed by atoms with Crippen molar-refractivity contribution >= 4 is 16.5 Å². The summed E-state index contributed by atoms with van der Waals surface area (Å²) in [6.07, 6.45) is 13.6. The lowest BCUT2D eigenvalue weighted by Crippen LogP contribution is -2.48. The van der Waals surface area contributed by atoms with Gasteiger partial charge >= 0.3 is 0 Å². The molecule has 7 nitrogen and oxygen atoms in total. The van der Waals surface area contributed by atoms with Crippen molar-refractivity contribution in [3.8, 4) is 5.75 Å². The summed E-state index contributed by atoms with van der Waals surface area (Å²) in [5.41, 5.74) is 2.37. The van der Waals surface area contributed by atoms with Crippen LogP contribution in [0.5, 0.6) is 5.75 Å². The van der Waals surface area contributed by atoms with E-state index in [1.165, 1.54) is 23.4 Å². The highest BCUT2D eigenvalue weighted by Crippen LogP contribution is 2.38. The molecule has 1 aromatic rings. The van der Waals surface area contributed by atoms with Crippen molar-refractivity contribution in [2.24, 2.45) is 17.7 Å². The molecule has 3 aliphatic rings. The van der Waals surface area contributed by atoms with Crippen LogP contribution in [0.15, 0.2) is 58.7 Å².